The first-order valence-corrected chi connectivity index (χ1v) is 8.15. The molecule has 118 valence electrons. The first kappa shape index (κ1) is 14.7. The minimum absolute atomic E-state index is 0.119. The Bertz CT molecular complexity index is 866. The maximum absolute atomic E-state index is 13.2. The Balaban J connectivity index is 1.86. The van der Waals surface area contributed by atoms with Crippen molar-refractivity contribution in [2.75, 3.05) is 0 Å². The number of carbonyl (C=O) groups excluding carboxylic acids is 1. The van der Waals surface area contributed by atoms with Crippen molar-refractivity contribution in [1.29, 1.82) is 0 Å². The summed E-state index contributed by atoms with van der Waals surface area (Å²) >= 11 is 0. The van der Waals surface area contributed by atoms with Crippen molar-refractivity contribution in [2.45, 2.75) is 18.9 Å². The maximum atomic E-state index is 13.2. The number of para-hydroxylation sites is 1. The summed E-state index contributed by atoms with van der Waals surface area (Å²) in [6.07, 6.45) is -0.310. The molecular formula is C22H18O2. The number of carbonyl (C=O) groups is 1. The van der Waals surface area contributed by atoms with Crippen LogP contribution in [0, 0.1) is 6.92 Å². The highest BCUT2D eigenvalue weighted by Crippen LogP contribution is 2.43. The van der Waals surface area contributed by atoms with Crippen LogP contribution in [0.3, 0.4) is 0 Å². The highest BCUT2D eigenvalue weighted by Gasteiger charge is 2.38. The van der Waals surface area contributed by atoms with Crippen molar-refractivity contribution in [3.63, 3.8) is 0 Å². The number of hydrogen-bond acceptors (Lipinski definition) is 2. The van der Waals surface area contributed by atoms with E-state index >= 15 is 0 Å². The predicted molar refractivity (Wildman–Crippen MR) is 94.5 cm³/mol. The Hall–Kier alpha value is -2.87. The number of fused-ring (bicyclic) bond motifs is 1. The molecule has 2 atom stereocenters. The number of rotatable bonds is 2. The monoisotopic (exact) mass is 314 g/mol. The van der Waals surface area contributed by atoms with Gasteiger partial charge in [-0.1, -0.05) is 72.3 Å². The summed E-state index contributed by atoms with van der Waals surface area (Å²) in [5.74, 6) is 0.456. The fourth-order valence-electron chi connectivity index (χ4n) is 3.29. The topological polar surface area (TPSA) is 26.3 Å². The van der Waals surface area contributed by atoms with Crippen LogP contribution in [-0.4, -0.2) is 5.78 Å². The summed E-state index contributed by atoms with van der Waals surface area (Å²) < 4.78 is 6.27. The molecule has 0 amide bonds. The molecule has 0 aromatic heterocycles. The van der Waals surface area contributed by atoms with E-state index in [0.717, 1.165) is 11.1 Å². The molecule has 1 aliphatic heterocycles. The highest BCUT2D eigenvalue weighted by molar-refractivity contribution is 6.04. The molecule has 0 bridgehead atoms. The minimum Gasteiger partial charge on any atom is -0.484 e. The van der Waals surface area contributed by atoms with E-state index in [2.05, 4.69) is 31.2 Å². The van der Waals surface area contributed by atoms with Crippen LogP contribution in [0.4, 0.5) is 0 Å². The second-order valence-corrected chi connectivity index (χ2v) is 6.20. The summed E-state index contributed by atoms with van der Waals surface area (Å²) in [6.45, 7) is 2.06. The number of hydrogen-bond donors (Lipinski definition) is 0. The molecular weight excluding hydrogens is 296 g/mol. The molecule has 4 rings (SSSR count). The van der Waals surface area contributed by atoms with E-state index < -0.39 is 0 Å². The third-order valence-electron chi connectivity index (χ3n) is 4.56. The first-order chi connectivity index (χ1) is 11.7. The zero-order chi connectivity index (χ0) is 16.5. The van der Waals surface area contributed by atoms with Crippen molar-refractivity contribution in [1.82, 2.24) is 0 Å². The van der Waals surface area contributed by atoms with E-state index in [9.17, 15) is 4.79 Å². The molecule has 3 aromatic carbocycles. The van der Waals surface area contributed by atoms with Crippen LogP contribution in [0.1, 0.15) is 39.1 Å². The van der Waals surface area contributed by atoms with Gasteiger partial charge in [0.2, 0.25) is 0 Å². The van der Waals surface area contributed by atoms with Gasteiger partial charge < -0.3 is 4.74 Å². The van der Waals surface area contributed by atoms with Gasteiger partial charge in [-0.3, -0.25) is 4.79 Å². The molecule has 0 fully saturated rings. The summed E-state index contributed by atoms with van der Waals surface area (Å²) in [5.41, 5.74) is 3.87. The molecule has 0 unspecified atom stereocenters. The summed E-state index contributed by atoms with van der Waals surface area (Å²) in [7, 11) is 0. The van der Waals surface area contributed by atoms with Crippen LogP contribution < -0.4 is 4.74 Å². The van der Waals surface area contributed by atoms with Gasteiger partial charge in [0.05, 0.1) is 11.5 Å². The van der Waals surface area contributed by atoms with E-state index in [-0.39, 0.29) is 17.8 Å². The molecule has 0 N–H and O–H groups in total. The molecule has 0 radical (unpaired) electrons. The Labute approximate surface area is 141 Å². The summed E-state index contributed by atoms with van der Waals surface area (Å²) in [6, 6.07) is 25.6. The van der Waals surface area contributed by atoms with Crippen LogP contribution in [-0.2, 0) is 0 Å². The Morgan fingerprint density at radius 1 is 0.750 bits per heavy atom. The lowest BCUT2D eigenvalue weighted by atomic mass is 9.81. The molecule has 0 aliphatic carbocycles. The Morgan fingerprint density at radius 2 is 1.42 bits per heavy atom. The lowest BCUT2D eigenvalue weighted by Gasteiger charge is -2.33. The van der Waals surface area contributed by atoms with Gasteiger partial charge in [0.15, 0.2) is 5.78 Å². The standard InChI is InChI=1S/C22H18O2/c1-15-11-13-17(14-12-15)22-20(16-7-3-2-4-8-16)21(23)18-9-5-6-10-19(18)24-22/h2-14,20,22H,1H3/t20-,22-/m0/s1. The summed E-state index contributed by atoms with van der Waals surface area (Å²) in [5, 5.41) is 0. The van der Waals surface area contributed by atoms with E-state index in [1.54, 1.807) is 0 Å². The zero-order valence-electron chi connectivity index (χ0n) is 13.5. The molecule has 2 heteroatoms. The van der Waals surface area contributed by atoms with Crippen molar-refractivity contribution in [3.05, 3.63) is 101 Å². The average molecular weight is 314 g/mol. The summed E-state index contributed by atoms with van der Waals surface area (Å²) in [4.78, 5) is 13.2. The molecule has 0 spiro atoms. The SMILES string of the molecule is Cc1ccc([C@@H]2Oc3ccccc3C(=O)[C@@H]2c2ccccc2)cc1. The fourth-order valence-corrected chi connectivity index (χ4v) is 3.29. The van der Waals surface area contributed by atoms with E-state index in [4.69, 9.17) is 4.74 Å². The Kier molecular flexibility index (Phi) is 3.66. The molecule has 24 heavy (non-hydrogen) atoms. The van der Waals surface area contributed by atoms with Crippen molar-refractivity contribution in [2.24, 2.45) is 0 Å². The van der Waals surface area contributed by atoms with Gasteiger partial charge >= 0.3 is 0 Å². The van der Waals surface area contributed by atoms with E-state index in [0.29, 0.717) is 11.3 Å². The van der Waals surface area contributed by atoms with Crippen molar-refractivity contribution >= 4 is 5.78 Å². The molecule has 0 saturated carbocycles. The second kappa shape index (κ2) is 5.97. The first-order valence-electron chi connectivity index (χ1n) is 8.15. The van der Waals surface area contributed by atoms with Gasteiger partial charge in [0, 0.05) is 0 Å². The molecule has 2 nitrogen and oxygen atoms in total. The molecule has 0 saturated heterocycles. The normalized spacial score (nSPS) is 19.5. The zero-order valence-corrected chi connectivity index (χ0v) is 13.5. The lowest BCUT2D eigenvalue weighted by molar-refractivity contribution is 0.0782. The quantitative estimate of drug-likeness (QED) is 0.658. The molecule has 1 heterocycles. The van der Waals surface area contributed by atoms with Crippen LogP contribution >= 0.6 is 0 Å². The average Bonchev–Trinajstić information content (AvgIpc) is 2.63. The van der Waals surface area contributed by atoms with E-state index in [1.165, 1.54) is 5.56 Å². The highest BCUT2D eigenvalue weighted by atomic mass is 16.5. The smallest absolute Gasteiger partial charge is 0.178 e. The molecule has 3 aromatic rings. The van der Waals surface area contributed by atoms with E-state index in [1.807, 2.05) is 54.6 Å². The maximum Gasteiger partial charge on any atom is 0.178 e. The van der Waals surface area contributed by atoms with Crippen LogP contribution in [0.5, 0.6) is 5.75 Å². The van der Waals surface area contributed by atoms with Gasteiger partial charge in [-0.2, -0.15) is 0 Å². The molecule has 1 aliphatic rings. The largest absolute Gasteiger partial charge is 0.484 e. The van der Waals surface area contributed by atoms with Crippen molar-refractivity contribution in [3.8, 4) is 5.75 Å². The predicted octanol–water partition coefficient (Wildman–Crippen LogP) is 5.10. The van der Waals surface area contributed by atoms with Crippen LogP contribution in [0.25, 0.3) is 0 Å². The minimum atomic E-state index is -0.330. The third kappa shape index (κ3) is 2.50. The Morgan fingerprint density at radius 3 is 2.17 bits per heavy atom. The number of benzene rings is 3. The van der Waals surface area contributed by atoms with Gasteiger partial charge in [-0.25, -0.2) is 0 Å². The van der Waals surface area contributed by atoms with Crippen molar-refractivity contribution < 1.29 is 9.53 Å². The van der Waals surface area contributed by atoms with Gasteiger partial charge in [-0.05, 0) is 30.2 Å². The van der Waals surface area contributed by atoms with Crippen LogP contribution in [0.15, 0.2) is 78.9 Å². The third-order valence-corrected chi connectivity index (χ3v) is 4.56. The van der Waals surface area contributed by atoms with Gasteiger partial charge in [-0.15, -0.1) is 0 Å². The van der Waals surface area contributed by atoms with Gasteiger partial charge in [0.25, 0.3) is 0 Å². The lowest BCUT2D eigenvalue weighted by Crippen LogP contribution is -2.30. The van der Waals surface area contributed by atoms with Gasteiger partial charge in [0.1, 0.15) is 11.9 Å². The number of ketones is 1. The number of ether oxygens (including phenoxy) is 1. The number of Topliss-reactive ketones (excluding diaryl/α,β-unsaturated/α-hetero) is 1. The van der Waals surface area contributed by atoms with Crippen LogP contribution in [0.2, 0.25) is 0 Å². The fraction of sp³-hybridized carbons (Fsp3) is 0.136. The second-order valence-electron chi connectivity index (χ2n) is 6.20. The number of aryl methyl sites for hydroxylation is 1.